The molecule has 0 saturated carbocycles. The lowest BCUT2D eigenvalue weighted by Gasteiger charge is -2.21. The second kappa shape index (κ2) is 16.7. The molecule has 0 heterocycles. The SMILES string of the molecule is CCCCOCCOCCNC(=NCC(C)(C)OC)NCC.I. The van der Waals surface area contributed by atoms with Crippen molar-refractivity contribution >= 4 is 29.9 Å². The van der Waals surface area contributed by atoms with E-state index in [4.69, 9.17) is 14.2 Å². The monoisotopic (exact) mass is 445 g/mol. The van der Waals surface area contributed by atoms with Gasteiger partial charge in [0.1, 0.15) is 0 Å². The van der Waals surface area contributed by atoms with E-state index in [0.29, 0.717) is 32.9 Å². The molecule has 0 saturated heterocycles. The van der Waals surface area contributed by atoms with E-state index in [1.54, 1.807) is 7.11 Å². The average Bonchev–Trinajstić information content (AvgIpc) is 2.51. The standard InChI is InChI=1S/C16H35N3O3.HI/c1-6-8-10-21-12-13-22-11-9-18-15(17-7-2)19-14-16(3,4)20-5;/h6-14H2,1-5H3,(H2,17,18,19);1H. The first-order valence-corrected chi connectivity index (χ1v) is 8.28. The fraction of sp³-hybridized carbons (Fsp3) is 0.938. The fourth-order valence-electron chi connectivity index (χ4n) is 1.49. The lowest BCUT2D eigenvalue weighted by molar-refractivity contribution is 0.0310. The van der Waals surface area contributed by atoms with Gasteiger partial charge in [-0.3, -0.25) is 4.99 Å². The smallest absolute Gasteiger partial charge is 0.191 e. The molecule has 0 fully saturated rings. The molecule has 0 aromatic heterocycles. The Labute approximate surface area is 159 Å². The van der Waals surface area contributed by atoms with Crippen LogP contribution in [0.4, 0.5) is 0 Å². The maximum Gasteiger partial charge on any atom is 0.191 e. The number of hydrogen-bond acceptors (Lipinski definition) is 4. The van der Waals surface area contributed by atoms with Crippen molar-refractivity contribution < 1.29 is 14.2 Å². The van der Waals surface area contributed by atoms with E-state index in [1.807, 2.05) is 20.8 Å². The summed E-state index contributed by atoms with van der Waals surface area (Å²) in [5.41, 5.74) is -0.255. The van der Waals surface area contributed by atoms with Gasteiger partial charge >= 0.3 is 0 Å². The van der Waals surface area contributed by atoms with Crippen LogP contribution >= 0.6 is 24.0 Å². The number of nitrogens with one attached hydrogen (secondary N) is 2. The highest BCUT2D eigenvalue weighted by Gasteiger charge is 2.15. The largest absolute Gasteiger partial charge is 0.379 e. The summed E-state index contributed by atoms with van der Waals surface area (Å²) in [6, 6.07) is 0. The number of rotatable bonds is 13. The molecule has 0 atom stereocenters. The van der Waals surface area contributed by atoms with E-state index in [1.165, 1.54) is 0 Å². The first kappa shape index (κ1) is 25.1. The quantitative estimate of drug-likeness (QED) is 0.197. The molecule has 140 valence electrons. The molecule has 0 aromatic carbocycles. The normalized spacial score (nSPS) is 12.0. The molecule has 0 radical (unpaired) electrons. The molecule has 2 N–H and O–H groups in total. The second-order valence-corrected chi connectivity index (χ2v) is 5.66. The van der Waals surface area contributed by atoms with E-state index in [0.717, 1.165) is 32.0 Å². The van der Waals surface area contributed by atoms with Crippen molar-refractivity contribution in [3.05, 3.63) is 0 Å². The van der Waals surface area contributed by atoms with Gasteiger partial charge in [0, 0.05) is 26.8 Å². The summed E-state index contributed by atoms with van der Waals surface area (Å²) in [7, 11) is 1.70. The van der Waals surface area contributed by atoms with Gasteiger partial charge in [-0.05, 0) is 27.2 Å². The number of nitrogens with zero attached hydrogens (tertiary/aromatic N) is 1. The van der Waals surface area contributed by atoms with E-state index in [9.17, 15) is 0 Å². The Morgan fingerprint density at radius 2 is 1.65 bits per heavy atom. The Balaban J connectivity index is 0. The number of hydrogen-bond donors (Lipinski definition) is 2. The van der Waals surface area contributed by atoms with Crippen LogP contribution in [-0.2, 0) is 14.2 Å². The van der Waals surface area contributed by atoms with E-state index < -0.39 is 0 Å². The topological polar surface area (TPSA) is 64.1 Å². The van der Waals surface area contributed by atoms with Crippen LogP contribution in [0.1, 0.15) is 40.5 Å². The van der Waals surface area contributed by atoms with Gasteiger partial charge in [0.2, 0.25) is 0 Å². The number of aliphatic imine (C=N–C) groups is 1. The summed E-state index contributed by atoms with van der Waals surface area (Å²) in [6.07, 6.45) is 2.28. The van der Waals surface area contributed by atoms with Crippen molar-refractivity contribution in [3.8, 4) is 0 Å². The van der Waals surface area contributed by atoms with Gasteiger partial charge in [-0.1, -0.05) is 13.3 Å². The Morgan fingerprint density at radius 1 is 1.00 bits per heavy atom. The van der Waals surface area contributed by atoms with Gasteiger partial charge < -0.3 is 24.8 Å². The van der Waals surface area contributed by atoms with Gasteiger partial charge in [-0.15, -0.1) is 24.0 Å². The highest BCUT2D eigenvalue weighted by molar-refractivity contribution is 14.0. The number of methoxy groups -OCH3 is 1. The molecule has 0 unspecified atom stereocenters. The van der Waals surface area contributed by atoms with Crippen LogP contribution in [0.15, 0.2) is 4.99 Å². The minimum atomic E-state index is -0.255. The van der Waals surface area contributed by atoms with Crippen LogP contribution in [0.2, 0.25) is 0 Å². The Bertz CT molecular complexity index is 290. The van der Waals surface area contributed by atoms with Crippen LogP contribution in [0.25, 0.3) is 0 Å². The van der Waals surface area contributed by atoms with Crippen LogP contribution in [0.3, 0.4) is 0 Å². The van der Waals surface area contributed by atoms with Crippen molar-refractivity contribution in [2.75, 3.05) is 53.2 Å². The van der Waals surface area contributed by atoms with Crippen molar-refractivity contribution in [3.63, 3.8) is 0 Å². The number of unbranched alkanes of at least 4 members (excludes halogenated alkanes) is 1. The zero-order valence-electron chi connectivity index (χ0n) is 15.4. The lowest BCUT2D eigenvalue weighted by atomic mass is 10.1. The highest BCUT2D eigenvalue weighted by atomic mass is 127. The molecular weight excluding hydrogens is 409 g/mol. The number of guanidine groups is 1. The third-order valence-corrected chi connectivity index (χ3v) is 3.07. The summed E-state index contributed by atoms with van der Waals surface area (Å²) < 4.78 is 16.3. The van der Waals surface area contributed by atoms with Crippen LogP contribution < -0.4 is 10.6 Å². The first-order valence-electron chi connectivity index (χ1n) is 8.28. The predicted molar refractivity (Wildman–Crippen MR) is 107 cm³/mol. The van der Waals surface area contributed by atoms with Crippen molar-refractivity contribution in [1.82, 2.24) is 10.6 Å². The summed E-state index contributed by atoms with van der Waals surface area (Å²) in [5.74, 6) is 0.787. The summed E-state index contributed by atoms with van der Waals surface area (Å²) in [4.78, 5) is 4.51. The molecule has 0 amide bonds. The average molecular weight is 445 g/mol. The fourth-order valence-corrected chi connectivity index (χ4v) is 1.49. The molecule has 0 aliphatic heterocycles. The lowest BCUT2D eigenvalue weighted by Crippen LogP contribution is -2.40. The van der Waals surface area contributed by atoms with Crippen LogP contribution in [-0.4, -0.2) is 64.7 Å². The molecule has 6 nitrogen and oxygen atoms in total. The number of ether oxygens (including phenoxy) is 3. The molecule has 0 spiro atoms. The minimum Gasteiger partial charge on any atom is -0.379 e. The predicted octanol–water partition coefficient (Wildman–Crippen LogP) is 2.42. The summed E-state index contributed by atoms with van der Waals surface area (Å²) in [5, 5.41) is 6.45. The molecule has 0 aliphatic carbocycles. The van der Waals surface area contributed by atoms with Gasteiger partial charge in [0.05, 0.1) is 32.0 Å². The Morgan fingerprint density at radius 3 is 2.22 bits per heavy atom. The molecule has 7 heteroatoms. The third-order valence-electron chi connectivity index (χ3n) is 3.07. The maximum absolute atomic E-state index is 5.51. The molecule has 23 heavy (non-hydrogen) atoms. The maximum atomic E-state index is 5.51. The van der Waals surface area contributed by atoms with Gasteiger partial charge in [0.25, 0.3) is 0 Å². The Hall–Kier alpha value is -0.120. The Kier molecular flexibility index (Phi) is 18.3. The van der Waals surface area contributed by atoms with E-state index in [-0.39, 0.29) is 29.6 Å². The highest BCUT2D eigenvalue weighted by Crippen LogP contribution is 2.06. The molecule has 0 aromatic rings. The van der Waals surface area contributed by atoms with E-state index >= 15 is 0 Å². The van der Waals surface area contributed by atoms with Crippen LogP contribution in [0.5, 0.6) is 0 Å². The third kappa shape index (κ3) is 16.5. The van der Waals surface area contributed by atoms with Crippen molar-refractivity contribution in [2.45, 2.75) is 46.1 Å². The molecule has 0 bridgehead atoms. The molecule has 0 aliphatic rings. The minimum absolute atomic E-state index is 0. The van der Waals surface area contributed by atoms with Crippen LogP contribution in [0, 0.1) is 0 Å². The van der Waals surface area contributed by atoms with E-state index in [2.05, 4.69) is 22.5 Å². The summed E-state index contributed by atoms with van der Waals surface area (Å²) >= 11 is 0. The number of halogens is 1. The van der Waals surface area contributed by atoms with Gasteiger partial charge in [0.15, 0.2) is 5.96 Å². The van der Waals surface area contributed by atoms with Gasteiger partial charge in [-0.2, -0.15) is 0 Å². The zero-order chi connectivity index (χ0) is 16.7. The molecule has 0 rings (SSSR count). The second-order valence-electron chi connectivity index (χ2n) is 5.66. The van der Waals surface area contributed by atoms with Crippen molar-refractivity contribution in [2.24, 2.45) is 4.99 Å². The summed E-state index contributed by atoms with van der Waals surface area (Å²) in [6.45, 7) is 13.1. The first-order chi connectivity index (χ1) is 10.6. The molecular formula is C16H36IN3O3. The van der Waals surface area contributed by atoms with Gasteiger partial charge in [-0.25, -0.2) is 0 Å². The van der Waals surface area contributed by atoms with Crippen molar-refractivity contribution in [1.29, 1.82) is 0 Å². The zero-order valence-corrected chi connectivity index (χ0v) is 17.8.